The van der Waals surface area contributed by atoms with Crippen LogP contribution in [0, 0.1) is 5.92 Å². The van der Waals surface area contributed by atoms with E-state index in [1.165, 1.54) is 12.8 Å². The van der Waals surface area contributed by atoms with Gasteiger partial charge in [0.15, 0.2) is 0 Å². The lowest BCUT2D eigenvalue weighted by molar-refractivity contribution is -0.133. The fourth-order valence-electron chi connectivity index (χ4n) is 2.23. The van der Waals surface area contributed by atoms with Crippen molar-refractivity contribution in [3.8, 4) is 0 Å². The number of piperidine rings is 1. The first-order valence-electron chi connectivity index (χ1n) is 6.20. The summed E-state index contributed by atoms with van der Waals surface area (Å²) in [6.07, 6.45) is 5.32. The number of carbonyl (C=O) groups excluding carboxylic acids is 1. The molecule has 0 aromatic carbocycles. The molecule has 0 aromatic heterocycles. The highest BCUT2D eigenvalue weighted by molar-refractivity contribution is 5.85. The van der Waals surface area contributed by atoms with Crippen molar-refractivity contribution in [2.75, 3.05) is 26.7 Å². The third-order valence-corrected chi connectivity index (χ3v) is 3.11. The lowest BCUT2D eigenvalue weighted by atomic mass is 9.97. The molecule has 1 heterocycles. The molecule has 1 unspecified atom stereocenters. The van der Waals surface area contributed by atoms with E-state index in [1.54, 1.807) is 0 Å². The minimum atomic E-state index is 0. The third-order valence-electron chi connectivity index (χ3n) is 3.11. The van der Waals surface area contributed by atoms with Crippen LogP contribution < -0.4 is 5.32 Å². The van der Waals surface area contributed by atoms with Gasteiger partial charge in [-0.15, -0.1) is 12.4 Å². The molecule has 0 aliphatic carbocycles. The number of halogens is 1. The molecule has 0 bridgehead atoms. The molecule has 4 heteroatoms. The van der Waals surface area contributed by atoms with Gasteiger partial charge in [0.2, 0.25) is 5.91 Å². The number of hydrogen-bond donors (Lipinski definition) is 1. The number of unbranched alkanes of at least 4 members (excludes halogenated alkanes) is 1. The van der Waals surface area contributed by atoms with E-state index < -0.39 is 0 Å². The zero-order valence-electron chi connectivity index (χ0n) is 10.5. The second kappa shape index (κ2) is 8.82. The highest BCUT2D eigenvalue weighted by atomic mass is 35.5. The summed E-state index contributed by atoms with van der Waals surface area (Å²) in [5, 5.41) is 3.20. The van der Waals surface area contributed by atoms with E-state index in [4.69, 9.17) is 0 Å². The molecule has 16 heavy (non-hydrogen) atoms. The summed E-state index contributed by atoms with van der Waals surface area (Å²) >= 11 is 0. The second-order valence-corrected chi connectivity index (χ2v) is 4.51. The van der Waals surface area contributed by atoms with Crippen molar-refractivity contribution in [1.29, 1.82) is 0 Å². The molecule has 0 saturated carbocycles. The maximum Gasteiger partial charge on any atom is 0.222 e. The molecule has 1 fully saturated rings. The van der Waals surface area contributed by atoms with Crippen molar-refractivity contribution in [3.63, 3.8) is 0 Å². The number of carbonyl (C=O) groups is 1. The van der Waals surface area contributed by atoms with E-state index >= 15 is 0 Å². The molecule has 1 atom stereocenters. The molecule has 1 saturated heterocycles. The Labute approximate surface area is 105 Å². The number of likely N-dealkylation sites (tertiary alicyclic amines) is 1. The van der Waals surface area contributed by atoms with E-state index in [1.807, 2.05) is 7.05 Å². The molecule has 1 N–H and O–H groups in total. The summed E-state index contributed by atoms with van der Waals surface area (Å²) in [7, 11) is 1.98. The Balaban J connectivity index is 0.00000225. The van der Waals surface area contributed by atoms with Crippen LogP contribution in [-0.2, 0) is 4.79 Å². The lowest BCUT2D eigenvalue weighted by Crippen LogP contribution is -2.42. The number of amides is 1. The van der Waals surface area contributed by atoms with E-state index in [-0.39, 0.29) is 12.4 Å². The van der Waals surface area contributed by atoms with Crippen LogP contribution in [0.15, 0.2) is 0 Å². The molecule has 1 rings (SSSR count). The summed E-state index contributed by atoms with van der Waals surface area (Å²) in [5.74, 6) is 1.02. The van der Waals surface area contributed by atoms with Gasteiger partial charge in [-0.1, -0.05) is 13.3 Å². The smallest absolute Gasteiger partial charge is 0.222 e. The summed E-state index contributed by atoms with van der Waals surface area (Å²) in [5.41, 5.74) is 0. The summed E-state index contributed by atoms with van der Waals surface area (Å²) in [6, 6.07) is 0. The van der Waals surface area contributed by atoms with Crippen molar-refractivity contribution in [2.45, 2.75) is 39.0 Å². The van der Waals surface area contributed by atoms with Gasteiger partial charge >= 0.3 is 0 Å². The molecule has 1 aliphatic rings. The zero-order chi connectivity index (χ0) is 11.1. The van der Waals surface area contributed by atoms with Gasteiger partial charge in [-0.25, -0.2) is 0 Å². The van der Waals surface area contributed by atoms with Gasteiger partial charge in [0.1, 0.15) is 0 Å². The third kappa shape index (κ3) is 5.17. The molecular weight excluding hydrogens is 224 g/mol. The number of nitrogens with zero attached hydrogens (tertiary/aromatic N) is 1. The number of rotatable bonds is 5. The topological polar surface area (TPSA) is 32.3 Å². The minimum absolute atomic E-state index is 0. The first-order valence-corrected chi connectivity index (χ1v) is 6.20. The van der Waals surface area contributed by atoms with E-state index in [9.17, 15) is 4.79 Å². The quantitative estimate of drug-likeness (QED) is 0.808. The monoisotopic (exact) mass is 248 g/mol. The zero-order valence-corrected chi connectivity index (χ0v) is 11.3. The van der Waals surface area contributed by atoms with Gasteiger partial charge in [0.25, 0.3) is 0 Å². The molecular formula is C12H25ClN2O. The second-order valence-electron chi connectivity index (χ2n) is 4.51. The molecule has 1 amide bonds. The minimum Gasteiger partial charge on any atom is -0.342 e. The van der Waals surface area contributed by atoms with Crippen LogP contribution >= 0.6 is 12.4 Å². The fraction of sp³-hybridized carbons (Fsp3) is 0.917. The van der Waals surface area contributed by atoms with Crippen LogP contribution in [0.25, 0.3) is 0 Å². The van der Waals surface area contributed by atoms with Gasteiger partial charge in [-0.05, 0) is 38.8 Å². The standard InChI is InChI=1S/C12H24N2O.ClH/c1-3-4-7-12(15)14-8-5-6-11(10-14)9-13-2;/h11,13H,3-10H2,1-2H3;1H. The Kier molecular flexibility index (Phi) is 8.67. The molecule has 0 spiro atoms. The van der Waals surface area contributed by atoms with Crippen LogP contribution in [0.1, 0.15) is 39.0 Å². The normalized spacial score (nSPS) is 20.4. The molecule has 0 radical (unpaired) electrons. The summed E-state index contributed by atoms with van der Waals surface area (Å²) in [6.45, 7) is 5.11. The van der Waals surface area contributed by atoms with E-state index in [2.05, 4.69) is 17.1 Å². The lowest BCUT2D eigenvalue weighted by Gasteiger charge is -2.32. The maximum atomic E-state index is 11.8. The van der Waals surface area contributed by atoms with E-state index in [0.717, 1.165) is 38.9 Å². The van der Waals surface area contributed by atoms with Crippen LogP contribution in [0.3, 0.4) is 0 Å². The molecule has 1 aliphatic heterocycles. The largest absolute Gasteiger partial charge is 0.342 e. The van der Waals surface area contributed by atoms with E-state index in [0.29, 0.717) is 11.8 Å². The van der Waals surface area contributed by atoms with Crippen molar-refractivity contribution < 1.29 is 4.79 Å². The molecule has 96 valence electrons. The first kappa shape index (κ1) is 15.7. The van der Waals surface area contributed by atoms with Crippen LogP contribution in [0.4, 0.5) is 0 Å². The average Bonchev–Trinajstić information content (AvgIpc) is 2.27. The van der Waals surface area contributed by atoms with Gasteiger partial charge in [-0.3, -0.25) is 4.79 Å². The first-order chi connectivity index (χ1) is 7.27. The summed E-state index contributed by atoms with van der Waals surface area (Å²) < 4.78 is 0. The van der Waals surface area contributed by atoms with Gasteiger partial charge in [0.05, 0.1) is 0 Å². The Morgan fingerprint density at radius 3 is 2.88 bits per heavy atom. The van der Waals surface area contributed by atoms with Crippen molar-refractivity contribution in [2.24, 2.45) is 5.92 Å². The van der Waals surface area contributed by atoms with Crippen LogP contribution in [0.2, 0.25) is 0 Å². The Morgan fingerprint density at radius 2 is 2.25 bits per heavy atom. The Morgan fingerprint density at radius 1 is 1.50 bits per heavy atom. The predicted octanol–water partition coefficient (Wildman–Crippen LogP) is 2.06. The molecule has 0 aromatic rings. The predicted molar refractivity (Wildman–Crippen MR) is 70.0 cm³/mol. The molecule has 3 nitrogen and oxygen atoms in total. The van der Waals surface area contributed by atoms with Gasteiger partial charge in [-0.2, -0.15) is 0 Å². The SMILES string of the molecule is CCCCC(=O)N1CCCC(CNC)C1.Cl. The number of hydrogen-bond acceptors (Lipinski definition) is 2. The fourth-order valence-corrected chi connectivity index (χ4v) is 2.23. The Hall–Kier alpha value is -0.280. The van der Waals surface area contributed by atoms with Crippen molar-refractivity contribution >= 4 is 18.3 Å². The van der Waals surface area contributed by atoms with Crippen LogP contribution in [-0.4, -0.2) is 37.5 Å². The Bertz CT molecular complexity index is 197. The van der Waals surface area contributed by atoms with Crippen LogP contribution in [0.5, 0.6) is 0 Å². The summed E-state index contributed by atoms with van der Waals surface area (Å²) in [4.78, 5) is 13.9. The average molecular weight is 249 g/mol. The van der Waals surface area contributed by atoms with Gasteiger partial charge < -0.3 is 10.2 Å². The van der Waals surface area contributed by atoms with Gasteiger partial charge in [0, 0.05) is 19.5 Å². The van der Waals surface area contributed by atoms with Crippen molar-refractivity contribution in [3.05, 3.63) is 0 Å². The van der Waals surface area contributed by atoms with Crippen molar-refractivity contribution in [1.82, 2.24) is 10.2 Å². The highest BCUT2D eigenvalue weighted by Crippen LogP contribution is 2.16. The maximum absolute atomic E-state index is 11.8. The highest BCUT2D eigenvalue weighted by Gasteiger charge is 2.22. The number of nitrogens with one attached hydrogen (secondary N) is 1.